The predicted octanol–water partition coefficient (Wildman–Crippen LogP) is -2.13. The normalized spacial score (nSPS) is 31.9. The summed E-state index contributed by atoms with van der Waals surface area (Å²) in [5.41, 5.74) is 10.9. The molecule has 4 heterocycles. The molecule has 15 heteroatoms. The van der Waals surface area contributed by atoms with Gasteiger partial charge in [-0.15, -0.1) is 0 Å². The summed E-state index contributed by atoms with van der Waals surface area (Å²) in [7, 11) is -4.16. The fraction of sp³-hybridized carbons (Fsp3) is 0.643. The molecule has 2 aromatic heterocycles. The third-order valence-corrected chi connectivity index (χ3v) is 5.34. The van der Waals surface area contributed by atoms with Gasteiger partial charge in [0.1, 0.15) is 30.2 Å². The van der Waals surface area contributed by atoms with E-state index >= 15 is 0 Å². The van der Waals surface area contributed by atoms with Crippen LogP contribution < -0.4 is 11.5 Å². The van der Waals surface area contributed by atoms with Crippen molar-refractivity contribution < 1.29 is 38.6 Å². The first-order chi connectivity index (χ1) is 13.6. The zero-order valence-electron chi connectivity index (χ0n) is 15.4. The molecule has 0 spiro atoms. The first kappa shape index (κ1) is 22.0. The van der Waals surface area contributed by atoms with E-state index in [1.165, 1.54) is 17.2 Å². The van der Waals surface area contributed by atoms with Crippen LogP contribution in [0.3, 0.4) is 0 Å². The molecule has 0 amide bonds. The smallest absolute Gasteiger partial charge is 0.394 e. The molecular weight excluding hydrogens is 411 g/mol. The summed E-state index contributed by atoms with van der Waals surface area (Å²) in [5, 5.41) is 27.0. The molecule has 0 aliphatic carbocycles. The van der Waals surface area contributed by atoms with E-state index in [1.54, 1.807) is 6.92 Å². The van der Waals surface area contributed by atoms with E-state index in [0.717, 1.165) is 0 Å². The zero-order chi connectivity index (χ0) is 21.4. The number of phosphoric ester groups is 1. The van der Waals surface area contributed by atoms with E-state index in [9.17, 15) is 14.6 Å². The lowest BCUT2D eigenvalue weighted by Crippen LogP contribution is -2.43. The quantitative estimate of drug-likeness (QED) is 0.284. The van der Waals surface area contributed by atoms with Gasteiger partial charge < -0.3 is 36.4 Å². The number of ether oxygens (including phenoxy) is 1. The van der Waals surface area contributed by atoms with Gasteiger partial charge in [0.15, 0.2) is 17.7 Å². The standard InChI is InChI=1S/C10H12N5O6P.C4H11NO2/c11-8-5-9(13-2-12-8)15(3-14-5)10-6(16)7-4(20-10)1-19-22(17,18)21-7;1-4(5,2-6)3-7/h2-4,6-7,10,16H,1H2,(H,17,18)(H2,11,12,13);6-7H,2-3,5H2,1H3/t4-,6-,7-,10-;/m1./s1. The Bertz CT molecular complexity index is 903. The van der Waals surface area contributed by atoms with Crippen LogP contribution >= 0.6 is 7.82 Å². The molecule has 0 saturated carbocycles. The monoisotopic (exact) mass is 434 g/mol. The highest BCUT2D eigenvalue weighted by Crippen LogP contribution is 2.52. The number of aromatic nitrogens is 4. The van der Waals surface area contributed by atoms with Gasteiger partial charge in [0.05, 0.1) is 31.7 Å². The number of aliphatic hydroxyl groups excluding tert-OH is 3. The van der Waals surface area contributed by atoms with Crippen LogP contribution in [0.15, 0.2) is 12.7 Å². The van der Waals surface area contributed by atoms with Crippen molar-refractivity contribution in [1.82, 2.24) is 19.5 Å². The van der Waals surface area contributed by atoms with E-state index in [1.807, 2.05) is 0 Å². The molecule has 2 fully saturated rings. The highest BCUT2D eigenvalue weighted by Gasteiger charge is 2.52. The predicted molar refractivity (Wildman–Crippen MR) is 97.1 cm³/mol. The minimum Gasteiger partial charge on any atom is -0.394 e. The maximum absolute atomic E-state index is 11.5. The molecule has 8 N–H and O–H groups in total. The number of nitrogens with zero attached hydrogens (tertiary/aromatic N) is 4. The molecule has 0 radical (unpaired) electrons. The number of nitrogen functional groups attached to an aromatic ring is 1. The van der Waals surface area contributed by atoms with Crippen LogP contribution in [0.25, 0.3) is 11.2 Å². The number of aliphatic hydroxyl groups is 3. The SMILES string of the molecule is CC(N)(CO)CO.Nc1ncnc2c1ncn2[C@@H]1O[C@@H]2COP(=O)(O)O[C@H]2[C@H]1O. The zero-order valence-corrected chi connectivity index (χ0v) is 16.3. The molecular formula is C14H23N6O8P. The summed E-state index contributed by atoms with van der Waals surface area (Å²) in [5.74, 6) is 0.202. The van der Waals surface area contributed by atoms with E-state index in [4.69, 9.17) is 30.9 Å². The Balaban J connectivity index is 0.000000298. The van der Waals surface area contributed by atoms with Crippen molar-refractivity contribution in [1.29, 1.82) is 0 Å². The largest absolute Gasteiger partial charge is 0.472 e. The van der Waals surface area contributed by atoms with Gasteiger partial charge in [-0.3, -0.25) is 13.6 Å². The molecule has 2 saturated heterocycles. The molecule has 2 aliphatic rings. The molecule has 5 atom stereocenters. The van der Waals surface area contributed by atoms with Gasteiger partial charge in [0.2, 0.25) is 0 Å². The lowest BCUT2D eigenvalue weighted by atomic mass is 10.1. The molecule has 14 nitrogen and oxygen atoms in total. The number of nitrogens with two attached hydrogens (primary N) is 2. The minimum atomic E-state index is -4.16. The molecule has 0 bridgehead atoms. The molecule has 0 aromatic carbocycles. The first-order valence-electron chi connectivity index (χ1n) is 8.51. The summed E-state index contributed by atoms with van der Waals surface area (Å²) < 4.78 is 28.2. The van der Waals surface area contributed by atoms with E-state index < -0.39 is 37.9 Å². The topological polar surface area (TPSA) is 221 Å². The van der Waals surface area contributed by atoms with Gasteiger partial charge in [-0.25, -0.2) is 19.5 Å². The third-order valence-electron chi connectivity index (χ3n) is 4.35. The average Bonchev–Trinajstić information content (AvgIpc) is 3.24. The summed E-state index contributed by atoms with van der Waals surface area (Å²) in [4.78, 5) is 21.3. The Morgan fingerprint density at radius 2 is 2.03 bits per heavy atom. The Kier molecular flexibility index (Phi) is 6.19. The van der Waals surface area contributed by atoms with Crippen LogP contribution in [0.2, 0.25) is 0 Å². The third kappa shape index (κ3) is 4.55. The van der Waals surface area contributed by atoms with Crippen molar-refractivity contribution >= 4 is 24.8 Å². The second-order valence-corrected chi connectivity index (χ2v) is 8.35. The van der Waals surface area contributed by atoms with Crippen LogP contribution in [-0.4, -0.2) is 83.4 Å². The van der Waals surface area contributed by atoms with Crippen molar-refractivity contribution in [2.24, 2.45) is 5.73 Å². The molecule has 4 rings (SSSR count). The number of fused-ring (bicyclic) bond motifs is 2. The highest BCUT2D eigenvalue weighted by atomic mass is 31.2. The molecule has 2 aromatic rings. The van der Waals surface area contributed by atoms with Gasteiger partial charge in [0.25, 0.3) is 0 Å². The van der Waals surface area contributed by atoms with E-state index in [2.05, 4.69) is 19.5 Å². The van der Waals surface area contributed by atoms with Crippen LogP contribution in [0.4, 0.5) is 5.82 Å². The van der Waals surface area contributed by atoms with Crippen LogP contribution in [0, 0.1) is 0 Å². The number of hydrogen-bond acceptors (Lipinski definition) is 12. The number of hydrogen-bond donors (Lipinski definition) is 6. The van der Waals surface area contributed by atoms with Gasteiger partial charge in [-0.2, -0.15) is 0 Å². The second kappa shape index (κ2) is 8.18. The van der Waals surface area contributed by atoms with Crippen LogP contribution in [0.5, 0.6) is 0 Å². The van der Waals surface area contributed by atoms with Gasteiger partial charge in [-0.1, -0.05) is 0 Å². The minimum absolute atomic E-state index is 0.157. The average molecular weight is 434 g/mol. The molecule has 29 heavy (non-hydrogen) atoms. The number of phosphoric acid groups is 1. The number of anilines is 1. The maximum Gasteiger partial charge on any atom is 0.472 e. The van der Waals surface area contributed by atoms with E-state index in [0.29, 0.717) is 11.2 Å². The molecule has 2 aliphatic heterocycles. The molecule has 1 unspecified atom stereocenters. The van der Waals surface area contributed by atoms with Crippen molar-refractivity contribution in [3.63, 3.8) is 0 Å². The fourth-order valence-corrected chi connectivity index (χ4v) is 3.64. The lowest BCUT2D eigenvalue weighted by molar-refractivity contribution is -0.0664. The van der Waals surface area contributed by atoms with Gasteiger partial charge in [-0.05, 0) is 6.92 Å². The van der Waals surface area contributed by atoms with Crippen LogP contribution in [0.1, 0.15) is 13.2 Å². The van der Waals surface area contributed by atoms with Crippen LogP contribution in [-0.2, 0) is 18.3 Å². The Labute approximate surface area is 164 Å². The Morgan fingerprint density at radius 1 is 1.34 bits per heavy atom. The molecule has 162 valence electrons. The summed E-state index contributed by atoms with van der Waals surface area (Å²) in [6, 6.07) is 0. The number of imidazole rings is 1. The lowest BCUT2D eigenvalue weighted by Gasteiger charge is -2.27. The number of rotatable bonds is 3. The van der Waals surface area contributed by atoms with E-state index in [-0.39, 0.29) is 25.6 Å². The first-order valence-corrected chi connectivity index (χ1v) is 10.0. The van der Waals surface area contributed by atoms with Crippen molar-refractivity contribution in [2.75, 3.05) is 25.6 Å². The fourth-order valence-electron chi connectivity index (χ4n) is 2.67. The maximum atomic E-state index is 11.5. The second-order valence-electron chi connectivity index (χ2n) is 6.94. The van der Waals surface area contributed by atoms with Gasteiger partial charge >= 0.3 is 7.82 Å². The Hall–Kier alpha value is -1.74. The Morgan fingerprint density at radius 3 is 2.66 bits per heavy atom. The summed E-state index contributed by atoms with van der Waals surface area (Å²) in [6.07, 6.45) is -1.07. The summed E-state index contributed by atoms with van der Waals surface area (Å²) in [6.45, 7) is 1.07. The highest BCUT2D eigenvalue weighted by molar-refractivity contribution is 7.47. The van der Waals surface area contributed by atoms with Crippen molar-refractivity contribution in [3.8, 4) is 0 Å². The van der Waals surface area contributed by atoms with Crippen molar-refractivity contribution in [3.05, 3.63) is 12.7 Å². The summed E-state index contributed by atoms with van der Waals surface area (Å²) >= 11 is 0. The van der Waals surface area contributed by atoms with Crippen molar-refractivity contribution in [2.45, 2.75) is 37.0 Å². The van der Waals surface area contributed by atoms with Gasteiger partial charge in [0, 0.05) is 0 Å².